The van der Waals surface area contributed by atoms with Crippen molar-refractivity contribution < 1.29 is 4.74 Å². The molecule has 2 aromatic carbocycles. The molecule has 0 bridgehead atoms. The van der Waals surface area contributed by atoms with Crippen molar-refractivity contribution >= 4 is 39.1 Å². The molecule has 1 atom stereocenters. The number of halogens is 3. The standard InChI is InChI=1S/C21H20BrCl2N3O/c1-26-4-5-27(21(26)25)11-14-7-16-8-15(12-28-20(16)17(22)9-14)6-13-2-3-18(23)19(24)10-13/h2-5,7,9-10,15,25H,6,8,11-12H2,1H3/t15-/m0/s1. The van der Waals surface area contributed by atoms with Crippen molar-refractivity contribution in [2.45, 2.75) is 19.4 Å². The molecule has 3 aromatic rings. The maximum Gasteiger partial charge on any atom is 0.202 e. The van der Waals surface area contributed by atoms with Crippen molar-refractivity contribution in [3.8, 4) is 5.75 Å². The Hall–Kier alpha value is -1.69. The summed E-state index contributed by atoms with van der Waals surface area (Å²) in [6.07, 6.45) is 5.66. The van der Waals surface area contributed by atoms with Crippen LogP contribution in [0.25, 0.3) is 0 Å². The predicted molar refractivity (Wildman–Crippen MR) is 115 cm³/mol. The van der Waals surface area contributed by atoms with Gasteiger partial charge in [-0.15, -0.1) is 0 Å². The zero-order valence-corrected chi connectivity index (χ0v) is 18.5. The van der Waals surface area contributed by atoms with Gasteiger partial charge in [0.2, 0.25) is 5.62 Å². The van der Waals surface area contributed by atoms with Gasteiger partial charge in [-0.1, -0.05) is 35.3 Å². The summed E-state index contributed by atoms with van der Waals surface area (Å²) in [5.41, 5.74) is 3.99. The lowest BCUT2D eigenvalue weighted by atomic mass is 9.90. The highest BCUT2D eigenvalue weighted by Crippen LogP contribution is 2.37. The lowest BCUT2D eigenvalue weighted by Crippen LogP contribution is -2.24. The Labute approximate surface area is 182 Å². The number of aryl methyl sites for hydroxylation is 1. The Morgan fingerprint density at radius 3 is 2.68 bits per heavy atom. The van der Waals surface area contributed by atoms with Gasteiger partial charge in [0.25, 0.3) is 0 Å². The van der Waals surface area contributed by atoms with Crippen molar-refractivity contribution in [3.63, 3.8) is 0 Å². The summed E-state index contributed by atoms with van der Waals surface area (Å²) >= 11 is 15.8. The van der Waals surface area contributed by atoms with E-state index in [2.05, 4.69) is 28.1 Å². The second kappa shape index (κ2) is 7.97. The molecule has 28 heavy (non-hydrogen) atoms. The molecule has 7 heteroatoms. The first-order valence-corrected chi connectivity index (χ1v) is 10.6. The zero-order valence-electron chi connectivity index (χ0n) is 15.4. The number of aromatic nitrogens is 2. The number of hydrogen-bond donors (Lipinski definition) is 1. The Kier molecular flexibility index (Phi) is 5.59. The van der Waals surface area contributed by atoms with Crippen LogP contribution in [0.2, 0.25) is 10.0 Å². The normalized spacial score (nSPS) is 15.9. The summed E-state index contributed by atoms with van der Waals surface area (Å²) in [5, 5.41) is 9.30. The van der Waals surface area contributed by atoms with E-state index in [1.165, 1.54) is 11.1 Å². The van der Waals surface area contributed by atoms with Gasteiger partial charge in [-0.3, -0.25) is 5.41 Å². The summed E-state index contributed by atoms with van der Waals surface area (Å²) in [5.74, 6) is 1.31. The fourth-order valence-electron chi connectivity index (χ4n) is 3.67. The van der Waals surface area contributed by atoms with Crippen LogP contribution in [0.15, 0.2) is 47.2 Å². The number of ether oxygens (including phenoxy) is 1. The van der Waals surface area contributed by atoms with Gasteiger partial charge in [0.15, 0.2) is 0 Å². The Morgan fingerprint density at radius 1 is 1.14 bits per heavy atom. The minimum atomic E-state index is 0.378. The molecule has 1 aromatic heterocycles. The molecule has 146 valence electrons. The van der Waals surface area contributed by atoms with E-state index in [1.807, 2.05) is 42.2 Å². The molecule has 0 saturated heterocycles. The summed E-state index contributed by atoms with van der Waals surface area (Å²) in [4.78, 5) is 0. The van der Waals surface area contributed by atoms with Gasteiger partial charge in [0, 0.05) is 25.4 Å². The Morgan fingerprint density at radius 2 is 1.96 bits per heavy atom. The summed E-state index contributed by atoms with van der Waals surface area (Å²) < 4.78 is 10.8. The zero-order chi connectivity index (χ0) is 19.8. The topological polar surface area (TPSA) is 42.9 Å². The quantitative estimate of drug-likeness (QED) is 0.546. The van der Waals surface area contributed by atoms with Gasteiger partial charge in [-0.05, 0) is 63.7 Å². The number of benzene rings is 2. The average molecular weight is 481 g/mol. The third-order valence-electron chi connectivity index (χ3n) is 5.09. The van der Waals surface area contributed by atoms with E-state index in [4.69, 9.17) is 33.3 Å². The summed E-state index contributed by atoms with van der Waals surface area (Å²) in [6.45, 7) is 1.33. The largest absolute Gasteiger partial charge is 0.492 e. The SMILES string of the molecule is Cn1ccn(Cc2cc(Br)c3c(c2)C[C@H](Cc2ccc(Cl)c(Cl)c2)CO3)c1=N. The van der Waals surface area contributed by atoms with Gasteiger partial charge >= 0.3 is 0 Å². The predicted octanol–water partition coefficient (Wildman–Crippen LogP) is 5.22. The van der Waals surface area contributed by atoms with E-state index >= 15 is 0 Å². The maximum absolute atomic E-state index is 8.13. The van der Waals surface area contributed by atoms with Gasteiger partial charge in [-0.25, -0.2) is 0 Å². The third kappa shape index (κ3) is 4.02. The first-order chi connectivity index (χ1) is 13.4. The van der Waals surface area contributed by atoms with Crippen molar-refractivity contribution in [3.05, 3.63) is 79.6 Å². The smallest absolute Gasteiger partial charge is 0.202 e. The van der Waals surface area contributed by atoms with Crippen molar-refractivity contribution in [2.75, 3.05) is 6.61 Å². The van der Waals surface area contributed by atoms with Crippen LogP contribution < -0.4 is 10.4 Å². The van der Waals surface area contributed by atoms with E-state index < -0.39 is 0 Å². The molecule has 0 fully saturated rings. The fourth-order valence-corrected chi connectivity index (χ4v) is 4.65. The molecular weight excluding hydrogens is 461 g/mol. The molecule has 4 rings (SSSR count). The van der Waals surface area contributed by atoms with Crippen LogP contribution in [0.1, 0.15) is 16.7 Å². The van der Waals surface area contributed by atoms with E-state index in [1.54, 1.807) is 4.57 Å². The molecule has 0 spiro atoms. The molecular formula is C21H20BrCl2N3O. The van der Waals surface area contributed by atoms with E-state index in [0.717, 1.165) is 28.6 Å². The van der Waals surface area contributed by atoms with E-state index in [0.29, 0.717) is 34.7 Å². The molecule has 0 saturated carbocycles. The van der Waals surface area contributed by atoms with Gasteiger partial charge in [0.1, 0.15) is 5.75 Å². The highest BCUT2D eigenvalue weighted by molar-refractivity contribution is 9.10. The lowest BCUT2D eigenvalue weighted by Gasteiger charge is -2.27. The van der Waals surface area contributed by atoms with Crippen LogP contribution in [0.5, 0.6) is 5.75 Å². The monoisotopic (exact) mass is 479 g/mol. The molecule has 0 aliphatic carbocycles. The molecule has 0 unspecified atom stereocenters. The van der Waals surface area contributed by atoms with Gasteiger partial charge in [-0.2, -0.15) is 0 Å². The van der Waals surface area contributed by atoms with Gasteiger partial charge < -0.3 is 13.9 Å². The molecule has 1 N–H and O–H groups in total. The number of hydrogen-bond acceptors (Lipinski definition) is 2. The molecule has 0 amide bonds. The van der Waals surface area contributed by atoms with Crippen molar-refractivity contribution in [1.82, 2.24) is 9.13 Å². The van der Waals surface area contributed by atoms with Gasteiger partial charge in [0.05, 0.1) is 27.7 Å². The number of rotatable bonds is 4. The number of nitrogens with one attached hydrogen (secondary N) is 1. The number of fused-ring (bicyclic) bond motifs is 1. The number of imidazole rings is 1. The van der Waals surface area contributed by atoms with Crippen LogP contribution in [0.4, 0.5) is 0 Å². The highest BCUT2D eigenvalue weighted by atomic mass is 79.9. The van der Waals surface area contributed by atoms with Crippen LogP contribution in [-0.4, -0.2) is 15.7 Å². The third-order valence-corrected chi connectivity index (χ3v) is 6.42. The maximum atomic E-state index is 8.13. The Bertz CT molecular complexity index is 1090. The highest BCUT2D eigenvalue weighted by Gasteiger charge is 2.23. The summed E-state index contributed by atoms with van der Waals surface area (Å²) in [6, 6.07) is 10.1. The molecule has 1 aliphatic rings. The van der Waals surface area contributed by atoms with Crippen LogP contribution in [0.3, 0.4) is 0 Å². The summed E-state index contributed by atoms with van der Waals surface area (Å²) in [7, 11) is 1.88. The van der Waals surface area contributed by atoms with E-state index in [-0.39, 0.29) is 0 Å². The van der Waals surface area contributed by atoms with Crippen molar-refractivity contribution in [2.24, 2.45) is 13.0 Å². The fraction of sp³-hybridized carbons (Fsp3) is 0.286. The lowest BCUT2D eigenvalue weighted by molar-refractivity contribution is 0.220. The van der Waals surface area contributed by atoms with E-state index in [9.17, 15) is 0 Å². The van der Waals surface area contributed by atoms with Crippen LogP contribution in [-0.2, 0) is 26.4 Å². The molecule has 0 radical (unpaired) electrons. The second-order valence-electron chi connectivity index (χ2n) is 7.26. The van der Waals surface area contributed by atoms with Crippen LogP contribution >= 0.6 is 39.1 Å². The minimum Gasteiger partial charge on any atom is -0.492 e. The molecule has 4 nitrogen and oxygen atoms in total. The average Bonchev–Trinajstić information content (AvgIpc) is 2.97. The second-order valence-corrected chi connectivity index (χ2v) is 8.93. The molecule has 2 heterocycles. The first-order valence-electron chi connectivity index (χ1n) is 9.05. The first kappa shape index (κ1) is 19.6. The minimum absolute atomic E-state index is 0.378. The van der Waals surface area contributed by atoms with Crippen molar-refractivity contribution in [1.29, 1.82) is 5.41 Å². The Balaban J connectivity index is 1.55. The van der Waals surface area contributed by atoms with Crippen LogP contribution in [0, 0.1) is 11.3 Å². The molecule has 1 aliphatic heterocycles. The number of nitrogens with zero attached hydrogens (tertiary/aromatic N) is 2.